The van der Waals surface area contributed by atoms with E-state index in [2.05, 4.69) is 0 Å². The fourth-order valence-corrected chi connectivity index (χ4v) is 1.37. The van der Waals surface area contributed by atoms with E-state index in [1.165, 1.54) is 0 Å². The highest BCUT2D eigenvalue weighted by Gasteiger charge is 2.43. The second kappa shape index (κ2) is 5.01. The van der Waals surface area contributed by atoms with Crippen LogP contribution in [0.25, 0.3) is 0 Å². The van der Waals surface area contributed by atoms with Crippen molar-refractivity contribution in [3.8, 4) is 0 Å². The number of rotatable bonds is 3. The van der Waals surface area contributed by atoms with Crippen LogP contribution in [0.4, 0.5) is 0 Å². The Kier molecular flexibility index (Phi) is 4.24. The molecule has 1 fully saturated rings. The molecule has 14 heavy (non-hydrogen) atoms. The van der Waals surface area contributed by atoms with E-state index in [0.717, 1.165) is 0 Å². The molecule has 1 heterocycles. The minimum absolute atomic E-state index is 0.308. The molecule has 6 heteroatoms. The highest BCUT2D eigenvalue weighted by Crippen LogP contribution is 2.21. The molecule has 0 spiro atoms. The first-order chi connectivity index (χ1) is 6.61. The summed E-state index contributed by atoms with van der Waals surface area (Å²) in [6.45, 7) is 1.58. The van der Waals surface area contributed by atoms with Gasteiger partial charge in [-0.25, -0.2) is 0 Å². The minimum Gasteiger partial charge on any atom is -0.394 e. The van der Waals surface area contributed by atoms with Crippen molar-refractivity contribution in [1.29, 1.82) is 0 Å². The quantitative estimate of drug-likeness (QED) is 0.421. The third-order valence-corrected chi connectivity index (χ3v) is 2.18. The molecule has 0 aromatic carbocycles. The van der Waals surface area contributed by atoms with E-state index in [0.29, 0.717) is 6.61 Å². The van der Waals surface area contributed by atoms with Gasteiger partial charge in [0.25, 0.3) is 0 Å². The van der Waals surface area contributed by atoms with Crippen LogP contribution in [0.2, 0.25) is 0 Å². The van der Waals surface area contributed by atoms with Crippen molar-refractivity contribution >= 4 is 0 Å². The number of ether oxygens (including phenoxy) is 2. The Morgan fingerprint density at radius 2 is 1.79 bits per heavy atom. The lowest BCUT2D eigenvalue weighted by Gasteiger charge is -2.39. The lowest BCUT2D eigenvalue weighted by Crippen LogP contribution is -2.59. The molecule has 0 aromatic rings. The zero-order chi connectivity index (χ0) is 10.7. The summed E-state index contributed by atoms with van der Waals surface area (Å²) in [5.74, 6) is 0. The first-order valence-electron chi connectivity index (χ1n) is 4.54. The predicted octanol–water partition coefficient (Wildman–Crippen LogP) is -2.18. The Bertz CT molecular complexity index is 171. The van der Waals surface area contributed by atoms with Gasteiger partial charge < -0.3 is 29.9 Å². The Balaban J connectivity index is 2.63. The number of aliphatic hydroxyl groups excluding tert-OH is 4. The molecule has 84 valence electrons. The normalized spacial score (nSPS) is 43.9. The largest absolute Gasteiger partial charge is 0.394 e. The van der Waals surface area contributed by atoms with Crippen molar-refractivity contribution in [2.45, 2.75) is 37.6 Å². The van der Waals surface area contributed by atoms with Gasteiger partial charge in [-0.2, -0.15) is 0 Å². The Morgan fingerprint density at radius 3 is 2.29 bits per heavy atom. The third kappa shape index (κ3) is 2.22. The van der Waals surface area contributed by atoms with Gasteiger partial charge in [0.1, 0.15) is 24.4 Å². The van der Waals surface area contributed by atoms with Crippen LogP contribution < -0.4 is 0 Å². The maximum Gasteiger partial charge on any atom is 0.186 e. The molecule has 1 aliphatic heterocycles. The van der Waals surface area contributed by atoms with Gasteiger partial charge in [0.2, 0.25) is 0 Å². The van der Waals surface area contributed by atoms with Crippen molar-refractivity contribution in [3.05, 3.63) is 0 Å². The Hall–Kier alpha value is -0.240. The van der Waals surface area contributed by atoms with Crippen LogP contribution in [-0.2, 0) is 9.47 Å². The molecular weight excluding hydrogens is 192 g/mol. The minimum atomic E-state index is -1.36. The van der Waals surface area contributed by atoms with Crippen LogP contribution >= 0.6 is 0 Å². The molecule has 0 aliphatic carbocycles. The van der Waals surface area contributed by atoms with Gasteiger partial charge in [-0.1, -0.05) is 0 Å². The van der Waals surface area contributed by atoms with Gasteiger partial charge in [-0.15, -0.1) is 0 Å². The molecule has 1 saturated heterocycles. The van der Waals surface area contributed by atoms with Gasteiger partial charge in [0, 0.05) is 6.61 Å². The van der Waals surface area contributed by atoms with Crippen LogP contribution in [0.15, 0.2) is 0 Å². The van der Waals surface area contributed by atoms with Gasteiger partial charge in [-0.3, -0.25) is 0 Å². The number of hydrogen-bond acceptors (Lipinski definition) is 6. The zero-order valence-electron chi connectivity index (χ0n) is 7.91. The predicted molar refractivity (Wildman–Crippen MR) is 45.4 cm³/mol. The van der Waals surface area contributed by atoms with E-state index in [9.17, 15) is 15.3 Å². The summed E-state index contributed by atoms with van der Waals surface area (Å²) in [6, 6.07) is 0. The smallest absolute Gasteiger partial charge is 0.186 e. The molecule has 0 saturated carbocycles. The third-order valence-electron chi connectivity index (χ3n) is 2.18. The average molecular weight is 208 g/mol. The number of hydrogen-bond donors (Lipinski definition) is 4. The topological polar surface area (TPSA) is 99.4 Å². The van der Waals surface area contributed by atoms with E-state index in [1.807, 2.05) is 0 Å². The molecule has 2 unspecified atom stereocenters. The van der Waals surface area contributed by atoms with Crippen molar-refractivity contribution < 1.29 is 29.9 Å². The first kappa shape index (κ1) is 11.8. The molecule has 1 aliphatic rings. The van der Waals surface area contributed by atoms with E-state index >= 15 is 0 Å². The highest BCUT2D eigenvalue weighted by molar-refractivity contribution is 4.88. The summed E-state index contributed by atoms with van der Waals surface area (Å²) in [5.41, 5.74) is 0. The van der Waals surface area contributed by atoms with Crippen molar-refractivity contribution in [1.82, 2.24) is 0 Å². The van der Waals surface area contributed by atoms with Gasteiger partial charge >= 0.3 is 0 Å². The maximum atomic E-state index is 9.41. The van der Waals surface area contributed by atoms with E-state index in [1.54, 1.807) is 6.92 Å². The average Bonchev–Trinajstić information content (AvgIpc) is 2.19. The molecule has 6 nitrogen and oxygen atoms in total. The van der Waals surface area contributed by atoms with E-state index < -0.39 is 37.3 Å². The first-order valence-corrected chi connectivity index (χ1v) is 4.54. The lowest BCUT2D eigenvalue weighted by atomic mass is 9.99. The lowest BCUT2D eigenvalue weighted by molar-refractivity contribution is -0.300. The number of aliphatic hydroxyl groups is 4. The molecule has 4 N–H and O–H groups in total. The van der Waals surface area contributed by atoms with Crippen LogP contribution in [0, 0.1) is 0 Å². The summed E-state index contributed by atoms with van der Waals surface area (Å²) in [7, 11) is 0. The SMILES string of the molecule is CCOC1OC(CO)[C@H](O)[C@H](O)[C@H]1O. The van der Waals surface area contributed by atoms with Gasteiger partial charge in [0.15, 0.2) is 6.29 Å². The van der Waals surface area contributed by atoms with Crippen molar-refractivity contribution in [2.24, 2.45) is 0 Å². The summed E-state index contributed by atoms with van der Waals surface area (Å²) in [4.78, 5) is 0. The zero-order valence-corrected chi connectivity index (χ0v) is 7.91. The summed E-state index contributed by atoms with van der Waals surface area (Å²) in [6.07, 6.45) is -5.89. The maximum absolute atomic E-state index is 9.41. The van der Waals surface area contributed by atoms with Crippen LogP contribution in [0.1, 0.15) is 6.92 Å². The second-order valence-electron chi connectivity index (χ2n) is 3.15. The van der Waals surface area contributed by atoms with E-state index in [4.69, 9.17) is 14.6 Å². The second-order valence-corrected chi connectivity index (χ2v) is 3.15. The Labute approximate surface area is 81.7 Å². The summed E-state index contributed by atoms with van der Waals surface area (Å²) in [5, 5.41) is 36.9. The fourth-order valence-electron chi connectivity index (χ4n) is 1.37. The molecule has 0 amide bonds. The van der Waals surface area contributed by atoms with Gasteiger partial charge in [-0.05, 0) is 6.92 Å². The van der Waals surface area contributed by atoms with Crippen molar-refractivity contribution in [3.63, 3.8) is 0 Å². The molecule has 0 aromatic heterocycles. The molecular formula is C8H16O6. The van der Waals surface area contributed by atoms with E-state index in [-0.39, 0.29) is 0 Å². The fraction of sp³-hybridized carbons (Fsp3) is 1.00. The molecule has 1 rings (SSSR count). The van der Waals surface area contributed by atoms with Gasteiger partial charge in [0.05, 0.1) is 6.61 Å². The molecule has 0 radical (unpaired) electrons. The van der Waals surface area contributed by atoms with Crippen LogP contribution in [-0.4, -0.2) is 64.3 Å². The van der Waals surface area contributed by atoms with Crippen molar-refractivity contribution in [2.75, 3.05) is 13.2 Å². The monoisotopic (exact) mass is 208 g/mol. The standard InChI is InChI=1S/C8H16O6/c1-2-13-8-7(12)6(11)5(10)4(3-9)14-8/h4-12H,2-3H2,1H3/t4?,5-,6-,7+,8?/m0/s1. The summed E-state index contributed by atoms with van der Waals surface area (Å²) < 4.78 is 10.0. The van der Waals surface area contributed by atoms with Crippen LogP contribution in [0.3, 0.4) is 0 Å². The molecule has 5 atom stereocenters. The highest BCUT2D eigenvalue weighted by atomic mass is 16.7. The summed E-state index contributed by atoms with van der Waals surface area (Å²) >= 11 is 0. The molecule has 0 bridgehead atoms. The Morgan fingerprint density at radius 1 is 1.14 bits per heavy atom. The van der Waals surface area contributed by atoms with Crippen LogP contribution in [0.5, 0.6) is 0 Å².